The molecule has 82 valence electrons. The Labute approximate surface area is 97.7 Å². The predicted octanol–water partition coefficient (Wildman–Crippen LogP) is 3.01. The quantitative estimate of drug-likeness (QED) is 0.885. The number of rotatable bonds is 3. The normalized spacial score (nSPS) is 9.81. The number of carbonyl (C=O) groups is 1. The summed E-state index contributed by atoms with van der Waals surface area (Å²) in [4.78, 5) is 12.5. The summed E-state index contributed by atoms with van der Waals surface area (Å²) < 4.78 is 5.09. The minimum absolute atomic E-state index is 0.141. The van der Waals surface area contributed by atoms with Gasteiger partial charge in [0.2, 0.25) is 0 Å². The summed E-state index contributed by atoms with van der Waals surface area (Å²) in [6, 6.07) is 11.1. The Hall–Kier alpha value is -1.81. The van der Waals surface area contributed by atoms with Crippen molar-refractivity contribution in [2.24, 2.45) is 0 Å². The van der Waals surface area contributed by atoms with Crippen molar-refractivity contribution in [3.05, 3.63) is 46.7 Å². The summed E-state index contributed by atoms with van der Waals surface area (Å²) >= 11 is 1.36. The number of methoxy groups -OCH3 is 1. The van der Waals surface area contributed by atoms with Gasteiger partial charge in [-0.25, -0.2) is 0 Å². The smallest absolute Gasteiger partial charge is 0.269 e. The van der Waals surface area contributed by atoms with Crippen LogP contribution in [-0.2, 0) is 0 Å². The molecular weight excluding hydrogens is 222 g/mol. The third-order valence-electron chi connectivity index (χ3n) is 2.09. The first-order valence-electron chi connectivity index (χ1n) is 4.79. The van der Waals surface area contributed by atoms with Crippen LogP contribution in [0.5, 0.6) is 5.75 Å². The number of amides is 1. The molecule has 0 aliphatic rings. The van der Waals surface area contributed by atoms with Crippen LogP contribution in [-0.4, -0.2) is 13.0 Å². The fourth-order valence-electron chi connectivity index (χ4n) is 1.33. The summed E-state index contributed by atoms with van der Waals surface area (Å²) in [6.45, 7) is 0. The second kappa shape index (κ2) is 4.81. The molecule has 0 spiro atoms. The minimum Gasteiger partial charge on any atom is -0.495 e. The Morgan fingerprint density at radius 2 is 2.00 bits per heavy atom. The highest BCUT2D eigenvalue weighted by molar-refractivity contribution is 7.12. The number of carbonyl (C=O) groups excluding carboxylic acids is 1. The highest BCUT2D eigenvalue weighted by Gasteiger charge is 2.13. The second-order valence-electron chi connectivity index (χ2n) is 3.14. The first kappa shape index (κ1) is 10.7. The van der Waals surface area contributed by atoms with Gasteiger partial charge in [0.25, 0.3) is 5.91 Å². The second-order valence-corrected chi connectivity index (χ2v) is 4.05. The van der Waals surface area contributed by atoms with E-state index in [2.05, 4.69) is 5.32 Å². The zero-order valence-electron chi connectivity index (χ0n) is 8.77. The Balaban J connectivity index is 2.15. The van der Waals surface area contributed by atoms with Gasteiger partial charge >= 0.3 is 0 Å². The number of nitrogens with one attached hydrogen (secondary N) is 1. The molecule has 1 aromatic heterocycles. The highest BCUT2D eigenvalue weighted by atomic mass is 32.1. The molecule has 2 aromatic rings. The highest BCUT2D eigenvalue weighted by Crippen LogP contribution is 2.25. The van der Waals surface area contributed by atoms with E-state index in [1.54, 1.807) is 13.2 Å². The van der Waals surface area contributed by atoms with Gasteiger partial charge in [0, 0.05) is 5.69 Å². The largest absolute Gasteiger partial charge is 0.495 e. The molecule has 2 rings (SSSR count). The first-order valence-corrected chi connectivity index (χ1v) is 5.67. The lowest BCUT2D eigenvalue weighted by atomic mass is 10.3. The van der Waals surface area contributed by atoms with Gasteiger partial charge in [-0.05, 0) is 23.6 Å². The lowest BCUT2D eigenvalue weighted by molar-refractivity contribution is 0.102. The third-order valence-corrected chi connectivity index (χ3v) is 2.98. The zero-order valence-corrected chi connectivity index (χ0v) is 9.58. The van der Waals surface area contributed by atoms with Crippen molar-refractivity contribution in [1.29, 1.82) is 0 Å². The van der Waals surface area contributed by atoms with E-state index in [-0.39, 0.29) is 5.91 Å². The van der Waals surface area contributed by atoms with Crippen LogP contribution in [0.1, 0.15) is 9.67 Å². The fourth-order valence-corrected chi connectivity index (χ4v) is 2.09. The van der Waals surface area contributed by atoms with E-state index in [0.29, 0.717) is 10.6 Å². The van der Waals surface area contributed by atoms with Gasteiger partial charge in [-0.2, -0.15) is 0 Å². The first-order chi connectivity index (χ1) is 7.81. The molecule has 0 saturated heterocycles. The molecular formula is C12H11NO2S. The number of thiophene rings is 1. The van der Waals surface area contributed by atoms with Crippen molar-refractivity contribution in [1.82, 2.24) is 0 Å². The molecule has 4 heteroatoms. The molecule has 16 heavy (non-hydrogen) atoms. The van der Waals surface area contributed by atoms with Gasteiger partial charge in [-0.15, -0.1) is 11.3 Å². The maximum absolute atomic E-state index is 11.9. The molecule has 0 unspecified atom stereocenters. The SMILES string of the molecule is COc1ccsc1C(=O)Nc1ccccc1. The van der Waals surface area contributed by atoms with E-state index < -0.39 is 0 Å². The van der Waals surface area contributed by atoms with Crippen molar-refractivity contribution in [2.45, 2.75) is 0 Å². The Morgan fingerprint density at radius 3 is 2.69 bits per heavy atom. The molecule has 1 heterocycles. The summed E-state index contributed by atoms with van der Waals surface area (Å²) in [6.07, 6.45) is 0. The molecule has 1 aromatic carbocycles. The molecule has 0 atom stereocenters. The van der Waals surface area contributed by atoms with Gasteiger partial charge in [-0.3, -0.25) is 4.79 Å². The monoisotopic (exact) mass is 233 g/mol. The molecule has 0 bridgehead atoms. The van der Waals surface area contributed by atoms with E-state index in [1.165, 1.54) is 11.3 Å². The Kier molecular flexibility index (Phi) is 3.22. The lowest BCUT2D eigenvalue weighted by Crippen LogP contribution is -2.10. The standard InChI is InChI=1S/C12H11NO2S/c1-15-10-7-8-16-11(10)12(14)13-9-5-3-2-4-6-9/h2-8H,1H3,(H,13,14). The molecule has 0 radical (unpaired) electrons. The molecule has 0 aliphatic heterocycles. The van der Waals surface area contributed by atoms with Crippen LogP contribution >= 0.6 is 11.3 Å². The van der Waals surface area contributed by atoms with Crippen LogP contribution < -0.4 is 10.1 Å². The number of ether oxygens (including phenoxy) is 1. The third kappa shape index (κ3) is 2.23. The van der Waals surface area contributed by atoms with Gasteiger partial charge in [-0.1, -0.05) is 18.2 Å². The maximum atomic E-state index is 11.9. The number of anilines is 1. The van der Waals surface area contributed by atoms with Crippen LogP contribution in [0.15, 0.2) is 41.8 Å². The van der Waals surface area contributed by atoms with Gasteiger partial charge in [0.15, 0.2) is 0 Å². The molecule has 0 aliphatic carbocycles. The molecule has 0 fully saturated rings. The topological polar surface area (TPSA) is 38.3 Å². The van der Waals surface area contributed by atoms with Crippen LogP contribution in [0.25, 0.3) is 0 Å². The predicted molar refractivity (Wildman–Crippen MR) is 65.3 cm³/mol. The number of hydrogen-bond acceptors (Lipinski definition) is 3. The van der Waals surface area contributed by atoms with Gasteiger partial charge < -0.3 is 10.1 Å². The van der Waals surface area contributed by atoms with E-state index >= 15 is 0 Å². The van der Waals surface area contributed by atoms with Crippen molar-refractivity contribution >= 4 is 22.9 Å². The minimum atomic E-state index is -0.141. The fraction of sp³-hybridized carbons (Fsp3) is 0.0833. The number of benzene rings is 1. The molecule has 1 amide bonds. The summed E-state index contributed by atoms with van der Waals surface area (Å²) in [5.74, 6) is 0.469. The van der Waals surface area contributed by atoms with E-state index in [0.717, 1.165) is 5.69 Å². The van der Waals surface area contributed by atoms with E-state index in [4.69, 9.17) is 4.74 Å². The van der Waals surface area contributed by atoms with Crippen LogP contribution in [0.3, 0.4) is 0 Å². The van der Waals surface area contributed by atoms with E-state index in [9.17, 15) is 4.79 Å². The van der Waals surface area contributed by atoms with Gasteiger partial charge in [0.1, 0.15) is 10.6 Å². The van der Waals surface area contributed by atoms with E-state index in [1.807, 2.05) is 35.7 Å². The molecule has 1 N–H and O–H groups in total. The number of para-hydroxylation sites is 1. The molecule has 3 nitrogen and oxygen atoms in total. The van der Waals surface area contributed by atoms with Crippen molar-refractivity contribution in [3.63, 3.8) is 0 Å². The Morgan fingerprint density at radius 1 is 1.25 bits per heavy atom. The zero-order chi connectivity index (χ0) is 11.4. The average Bonchev–Trinajstić information content (AvgIpc) is 2.78. The maximum Gasteiger partial charge on any atom is 0.269 e. The van der Waals surface area contributed by atoms with Crippen molar-refractivity contribution in [2.75, 3.05) is 12.4 Å². The van der Waals surface area contributed by atoms with Crippen molar-refractivity contribution < 1.29 is 9.53 Å². The lowest BCUT2D eigenvalue weighted by Gasteiger charge is -2.04. The van der Waals surface area contributed by atoms with Crippen molar-refractivity contribution in [3.8, 4) is 5.75 Å². The molecule has 0 saturated carbocycles. The average molecular weight is 233 g/mol. The Bertz CT molecular complexity index is 479. The van der Waals surface area contributed by atoms with Crippen LogP contribution in [0.4, 0.5) is 5.69 Å². The summed E-state index contributed by atoms with van der Waals surface area (Å²) in [5.41, 5.74) is 0.781. The van der Waals surface area contributed by atoms with Crippen LogP contribution in [0.2, 0.25) is 0 Å². The summed E-state index contributed by atoms with van der Waals surface area (Å²) in [7, 11) is 1.56. The number of hydrogen-bond donors (Lipinski definition) is 1. The van der Waals surface area contributed by atoms with Crippen LogP contribution in [0, 0.1) is 0 Å². The summed E-state index contributed by atoms with van der Waals surface area (Å²) in [5, 5.41) is 4.64. The van der Waals surface area contributed by atoms with Gasteiger partial charge in [0.05, 0.1) is 7.11 Å².